The van der Waals surface area contributed by atoms with Gasteiger partial charge in [-0.05, 0) is 61.4 Å². The third kappa shape index (κ3) is 2.83. The smallest absolute Gasteiger partial charge is 0.337 e. The van der Waals surface area contributed by atoms with Crippen LogP contribution in [0.3, 0.4) is 0 Å². The maximum atomic E-state index is 13.5. The van der Waals surface area contributed by atoms with Crippen LogP contribution in [0.25, 0.3) is 0 Å². The number of esters is 1. The Kier molecular flexibility index (Phi) is 4.36. The van der Waals surface area contributed by atoms with E-state index in [1.165, 1.54) is 17.6 Å². The van der Waals surface area contributed by atoms with Crippen molar-refractivity contribution in [3.8, 4) is 0 Å². The lowest BCUT2D eigenvalue weighted by molar-refractivity contribution is 0.0600. The summed E-state index contributed by atoms with van der Waals surface area (Å²) in [6.45, 7) is 2.12. The Morgan fingerprint density at radius 2 is 1.61 bits per heavy atom. The number of benzene rings is 3. The fourth-order valence-electron chi connectivity index (χ4n) is 4.50. The highest BCUT2D eigenvalue weighted by atomic mass is 16.5. The molecule has 3 aromatic carbocycles. The molecule has 5 rings (SSSR count). The molecule has 6 heteroatoms. The van der Waals surface area contributed by atoms with E-state index in [2.05, 4.69) is 17.9 Å². The summed E-state index contributed by atoms with van der Waals surface area (Å²) in [7, 11) is 1.30. The van der Waals surface area contributed by atoms with Gasteiger partial charge >= 0.3 is 5.97 Å². The average Bonchev–Trinajstić information content (AvgIpc) is 3.26. The first kappa shape index (κ1) is 19.1. The molecule has 0 saturated carbocycles. The van der Waals surface area contributed by atoms with Crippen molar-refractivity contribution in [1.82, 2.24) is 0 Å². The van der Waals surface area contributed by atoms with Crippen LogP contribution < -0.4 is 9.80 Å². The van der Waals surface area contributed by atoms with Crippen LogP contribution in [0.5, 0.6) is 0 Å². The van der Waals surface area contributed by atoms with Crippen LogP contribution in [0, 0.1) is 0 Å². The number of hydrogen-bond donors (Lipinski definition) is 0. The number of rotatable bonds is 3. The average molecular weight is 412 g/mol. The van der Waals surface area contributed by atoms with E-state index in [9.17, 15) is 14.4 Å². The Labute approximate surface area is 179 Å². The van der Waals surface area contributed by atoms with Crippen molar-refractivity contribution in [2.75, 3.05) is 16.9 Å². The van der Waals surface area contributed by atoms with E-state index >= 15 is 0 Å². The molecule has 1 unspecified atom stereocenters. The van der Waals surface area contributed by atoms with Gasteiger partial charge in [-0.2, -0.15) is 0 Å². The lowest BCUT2D eigenvalue weighted by Crippen LogP contribution is -2.30. The number of carbonyl (C=O) groups is 3. The molecule has 0 radical (unpaired) electrons. The summed E-state index contributed by atoms with van der Waals surface area (Å²) in [6, 6.07) is 20.0. The van der Waals surface area contributed by atoms with Gasteiger partial charge in [0.15, 0.2) is 0 Å². The van der Waals surface area contributed by atoms with Gasteiger partial charge in [-0.15, -0.1) is 0 Å². The summed E-state index contributed by atoms with van der Waals surface area (Å²) < 4.78 is 4.71. The molecule has 0 spiro atoms. The van der Waals surface area contributed by atoms with Crippen LogP contribution in [0.1, 0.15) is 43.6 Å². The zero-order chi connectivity index (χ0) is 21.7. The number of ether oxygens (including phenoxy) is 1. The third-order valence-electron chi connectivity index (χ3n) is 5.91. The van der Waals surface area contributed by atoms with Crippen molar-refractivity contribution in [2.24, 2.45) is 0 Å². The number of anilines is 3. The first-order valence-electron chi connectivity index (χ1n) is 10.1. The summed E-state index contributed by atoms with van der Waals surface area (Å²) in [4.78, 5) is 41.6. The number of amides is 2. The van der Waals surface area contributed by atoms with Gasteiger partial charge in [0, 0.05) is 11.7 Å². The minimum atomic E-state index is -0.474. The number of imide groups is 1. The van der Waals surface area contributed by atoms with Gasteiger partial charge in [0.2, 0.25) is 0 Å². The molecule has 0 fully saturated rings. The van der Waals surface area contributed by atoms with Crippen molar-refractivity contribution in [3.63, 3.8) is 0 Å². The van der Waals surface area contributed by atoms with Gasteiger partial charge in [0.1, 0.15) is 0 Å². The van der Waals surface area contributed by atoms with Crippen LogP contribution in [-0.2, 0) is 11.2 Å². The zero-order valence-electron chi connectivity index (χ0n) is 17.2. The Morgan fingerprint density at radius 1 is 0.903 bits per heavy atom. The largest absolute Gasteiger partial charge is 0.465 e. The van der Waals surface area contributed by atoms with E-state index in [1.807, 2.05) is 30.3 Å². The first-order valence-corrected chi connectivity index (χ1v) is 10.1. The number of fused-ring (bicyclic) bond motifs is 2. The quantitative estimate of drug-likeness (QED) is 0.472. The molecule has 1 atom stereocenters. The fraction of sp³-hybridized carbons (Fsp3) is 0.160. The summed E-state index contributed by atoms with van der Waals surface area (Å²) in [5.74, 6) is -1.20. The van der Waals surface area contributed by atoms with Crippen LogP contribution in [-0.4, -0.2) is 30.9 Å². The molecule has 2 aliphatic rings. The topological polar surface area (TPSA) is 66.9 Å². The van der Waals surface area contributed by atoms with E-state index in [4.69, 9.17) is 4.74 Å². The Bertz CT molecular complexity index is 1230. The highest BCUT2D eigenvalue weighted by molar-refractivity contribution is 6.36. The number of hydrogen-bond acceptors (Lipinski definition) is 5. The molecule has 0 aliphatic carbocycles. The van der Waals surface area contributed by atoms with Gasteiger partial charge in [-0.3, -0.25) is 9.59 Å². The van der Waals surface area contributed by atoms with Crippen LogP contribution in [0.15, 0.2) is 66.7 Å². The summed E-state index contributed by atoms with van der Waals surface area (Å²) in [5.41, 5.74) is 4.58. The van der Waals surface area contributed by atoms with E-state index in [0.29, 0.717) is 22.4 Å². The molecular weight excluding hydrogens is 392 g/mol. The van der Waals surface area contributed by atoms with E-state index in [-0.39, 0.29) is 17.9 Å². The van der Waals surface area contributed by atoms with Crippen LogP contribution in [0.4, 0.5) is 17.1 Å². The minimum Gasteiger partial charge on any atom is -0.465 e. The second kappa shape index (κ2) is 7.09. The monoisotopic (exact) mass is 412 g/mol. The third-order valence-corrected chi connectivity index (χ3v) is 5.91. The van der Waals surface area contributed by atoms with Crippen molar-refractivity contribution in [2.45, 2.75) is 19.4 Å². The van der Waals surface area contributed by atoms with Gasteiger partial charge in [0.05, 0.1) is 35.2 Å². The molecule has 0 bridgehead atoms. The fourth-order valence-corrected chi connectivity index (χ4v) is 4.50. The SMILES string of the molecule is COC(=O)c1ccc(N2C(=O)c3cccc(N4c5ccccc5CC4C)c3C2=O)cc1. The van der Waals surface area contributed by atoms with Crippen LogP contribution in [0.2, 0.25) is 0 Å². The van der Waals surface area contributed by atoms with Crippen molar-refractivity contribution in [3.05, 3.63) is 89.0 Å². The molecule has 2 amide bonds. The molecule has 2 aliphatic heterocycles. The predicted molar refractivity (Wildman–Crippen MR) is 117 cm³/mol. The Hall–Kier alpha value is -3.93. The van der Waals surface area contributed by atoms with E-state index < -0.39 is 5.97 Å². The maximum Gasteiger partial charge on any atom is 0.337 e. The molecule has 0 aromatic heterocycles. The lowest BCUT2D eigenvalue weighted by Gasteiger charge is -2.26. The van der Waals surface area contributed by atoms with Crippen molar-refractivity contribution >= 4 is 34.8 Å². The standard InChI is InChI=1S/C25H20N2O4/c1-15-14-17-6-3-4-8-20(17)26(15)21-9-5-7-19-22(21)24(29)27(23(19)28)18-12-10-16(11-13-18)25(30)31-2/h3-13,15H,14H2,1-2H3. The normalized spacial score (nSPS) is 17.0. The number of carbonyl (C=O) groups excluding carboxylic acids is 3. The number of nitrogens with zero attached hydrogens (tertiary/aromatic N) is 2. The van der Waals surface area contributed by atoms with Gasteiger partial charge in [-0.25, -0.2) is 9.69 Å². The summed E-state index contributed by atoms with van der Waals surface area (Å²) >= 11 is 0. The van der Waals surface area contributed by atoms with E-state index in [0.717, 1.165) is 17.8 Å². The lowest BCUT2D eigenvalue weighted by atomic mass is 10.1. The van der Waals surface area contributed by atoms with Crippen molar-refractivity contribution in [1.29, 1.82) is 0 Å². The molecule has 154 valence electrons. The summed E-state index contributed by atoms with van der Waals surface area (Å²) in [6.07, 6.45) is 0.876. The molecule has 0 N–H and O–H groups in total. The van der Waals surface area contributed by atoms with Gasteiger partial charge in [0.25, 0.3) is 11.8 Å². The Morgan fingerprint density at radius 3 is 2.35 bits per heavy atom. The zero-order valence-corrected chi connectivity index (χ0v) is 17.2. The number of para-hydroxylation sites is 1. The molecule has 0 saturated heterocycles. The molecule has 2 heterocycles. The minimum absolute atomic E-state index is 0.167. The van der Waals surface area contributed by atoms with Crippen molar-refractivity contribution < 1.29 is 19.1 Å². The predicted octanol–water partition coefficient (Wildman–Crippen LogP) is 4.36. The highest BCUT2D eigenvalue weighted by Crippen LogP contribution is 2.43. The maximum absolute atomic E-state index is 13.5. The Balaban J connectivity index is 1.57. The van der Waals surface area contributed by atoms with Gasteiger partial charge < -0.3 is 9.64 Å². The first-order chi connectivity index (χ1) is 15.0. The highest BCUT2D eigenvalue weighted by Gasteiger charge is 2.41. The van der Waals surface area contributed by atoms with E-state index in [1.54, 1.807) is 30.3 Å². The second-order valence-electron chi connectivity index (χ2n) is 7.74. The van der Waals surface area contributed by atoms with Gasteiger partial charge in [-0.1, -0.05) is 24.3 Å². The molecular formula is C25H20N2O4. The number of methoxy groups -OCH3 is 1. The van der Waals surface area contributed by atoms with Crippen LogP contribution >= 0.6 is 0 Å². The summed E-state index contributed by atoms with van der Waals surface area (Å²) in [5, 5.41) is 0. The molecule has 6 nitrogen and oxygen atoms in total. The molecule has 3 aromatic rings. The molecule has 31 heavy (non-hydrogen) atoms. The second-order valence-corrected chi connectivity index (χ2v) is 7.74.